The fourth-order valence-electron chi connectivity index (χ4n) is 3.40. The van der Waals surface area contributed by atoms with Crippen molar-refractivity contribution < 1.29 is 15.0 Å². The van der Waals surface area contributed by atoms with Gasteiger partial charge in [-0.1, -0.05) is 23.7 Å². The normalized spacial score (nSPS) is 22.0. The highest BCUT2D eigenvalue weighted by Gasteiger charge is 2.44. The maximum Gasteiger partial charge on any atom is 0.223 e. The molecule has 126 valence electrons. The third kappa shape index (κ3) is 3.87. The molecule has 1 aliphatic carbocycles. The van der Waals surface area contributed by atoms with Crippen LogP contribution >= 0.6 is 11.6 Å². The van der Waals surface area contributed by atoms with Crippen LogP contribution in [0.3, 0.4) is 0 Å². The molecule has 5 heteroatoms. The summed E-state index contributed by atoms with van der Waals surface area (Å²) in [6, 6.07) is 7.32. The molecule has 1 atom stereocenters. The Morgan fingerprint density at radius 3 is 2.39 bits per heavy atom. The maximum atomic E-state index is 12.3. The van der Waals surface area contributed by atoms with Gasteiger partial charge in [0.2, 0.25) is 5.91 Å². The molecule has 0 radical (unpaired) electrons. The quantitative estimate of drug-likeness (QED) is 0.868. The Kier molecular flexibility index (Phi) is 4.95. The summed E-state index contributed by atoms with van der Waals surface area (Å²) >= 11 is 5.88. The number of hydrogen-bond acceptors (Lipinski definition) is 3. The van der Waals surface area contributed by atoms with Crippen molar-refractivity contribution in [2.24, 2.45) is 11.3 Å². The molecule has 1 amide bonds. The van der Waals surface area contributed by atoms with Gasteiger partial charge in [0.25, 0.3) is 0 Å². The molecule has 3 rings (SSSR count). The Hall–Kier alpha value is -1.10. The summed E-state index contributed by atoms with van der Waals surface area (Å²) in [5.74, 6) is 0.323. The van der Waals surface area contributed by atoms with E-state index in [1.54, 1.807) is 12.1 Å². The van der Waals surface area contributed by atoms with Crippen LogP contribution in [0.25, 0.3) is 0 Å². The van der Waals surface area contributed by atoms with Crippen LogP contribution in [0.15, 0.2) is 24.3 Å². The molecule has 1 aliphatic heterocycles. The maximum absolute atomic E-state index is 12.3. The SMILES string of the molecule is O=C(CC1(CO)CC1)N1CCC(C(O)c2ccc(Cl)cc2)CC1. The van der Waals surface area contributed by atoms with Gasteiger partial charge in [0, 0.05) is 36.6 Å². The van der Waals surface area contributed by atoms with Gasteiger partial charge in [0.05, 0.1) is 6.10 Å². The van der Waals surface area contributed by atoms with Crippen LogP contribution in [0.4, 0.5) is 0 Å². The van der Waals surface area contributed by atoms with Crippen molar-refractivity contribution in [1.29, 1.82) is 0 Å². The number of aliphatic hydroxyl groups excluding tert-OH is 2. The lowest BCUT2D eigenvalue weighted by molar-refractivity contribution is -0.135. The molecule has 2 aliphatic rings. The van der Waals surface area contributed by atoms with Gasteiger partial charge in [0.15, 0.2) is 0 Å². The summed E-state index contributed by atoms with van der Waals surface area (Å²) in [7, 11) is 0. The van der Waals surface area contributed by atoms with Gasteiger partial charge < -0.3 is 15.1 Å². The number of piperidine rings is 1. The first-order chi connectivity index (χ1) is 11.0. The fraction of sp³-hybridized carbons (Fsp3) is 0.611. The Labute approximate surface area is 142 Å². The van der Waals surface area contributed by atoms with E-state index in [-0.39, 0.29) is 23.8 Å². The van der Waals surface area contributed by atoms with Gasteiger partial charge >= 0.3 is 0 Å². The van der Waals surface area contributed by atoms with E-state index in [1.165, 1.54) is 0 Å². The fourth-order valence-corrected chi connectivity index (χ4v) is 3.52. The van der Waals surface area contributed by atoms with Crippen LogP contribution in [0.1, 0.15) is 43.8 Å². The van der Waals surface area contributed by atoms with E-state index in [0.717, 1.165) is 31.2 Å². The predicted molar refractivity (Wildman–Crippen MR) is 89.1 cm³/mol. The van der Waals surface area contributed by atoms with Crippen molar-refractivity contribution in [3.05, 3.63) is 34.9 Å². The van der Waals surface area contributed by atoms with Crippen molar-refractivity contribution in [2.75, 3.05) is 19.7 Å². The Balaban J connectivity index is 1.51. The second-order valence-corrected chi connectivity index (χ2v) is 7.49. The Morgan fingerprint density at radius 1 is 1.26 bits per heavy atom. The van der Waals surface area contributed by atoms with Gasteiger partial charge in [-0.3, -0.25) is 4.79 Å². The first-order valence-corrected chi connectivity index (χ1v) is 8.73. The molecule has 2 fully saturated rings. The van der Waals surface area contributed by atoms with Crippen LogP contribution in [-0.2, 0) is 4.79 Å². The van der Waals surface area contributed by atoms with E-state index in [4.69, 9.17) is 11.6 Å². The molecular formula is C18H24ClNO3. The summed E-state index contributed by atoms with van der Waals surface area (Å²) in [5.41, 5.74) is 0.757. The van der Waals surface area contributed by atoms with E-state index < -0.39 is 6.10 Å². The number of rotatable bonds is 5. The zero-order chi connectivity index (χ0) is 16.4. The molecule has 2 N–H and O–H groups in total. The van der Waals surface area contributed by atoms with Crippen molar-refractivity contribution in [2.45, 2.75) is 38.2 Å². The number of carbonyl (C=O) groups is 1. The van der Waals surface area contributed by atoms with Crippen LogP contribution < -0.4 is 0 Å². The number of hydrogen-bond donors (Lipinski definition) is 2. The molecule has 1 heterocycles. The van der Waals surface area contributed by atoms with Crippen molar-refractivity contribution in [3.8, 4) is 0 Å². The Morgan fingerprint density at radius 2 is 1.87 bits per heavy atom. The predicted octanol–water partition coefficient (Wildman–Crippen LogP) is 2.77. The molecule has 4 nitrogen and oxygen atoms in total. The van der Waals surface area contributed by atoms with E-state index >= 15 is 0 Å². The van der Waals surface area contributed by atoms with Crippen LogP contribution in [0.2, 0.25) is 5.02 Å². The average molecular weight is 338 g/mol. The van der Waals surface area contributed by atoms with E-state index in [9.17, 15) is 15.0 Å². The van der Waals surface area contributed by atoms with Gasteiger partial charge in [-0.05, 0) is 49.3 Å². The molecule has 1 aromatic rings. The van der Waals surface area contributed by atoms with Crippen molar-refractivity contribution in [1.82, 2.24) is 4.90 Å². The lowest BCUT2D eigenvalue weighted by Crippen LogP contribution is -2.40. The minimum atomic E-state index is -0.503. The number of halogens is 1. The van der Waals surface area contributed by atoms with Crippen molar-refractivity contribution >= 4 is 17.5 Å². The monoisotopic (exact) mass is 337 g/mol. The van der Waals surface area contributed by atoms with Crippen LogP contribution in [-0.4, -0.2) is 40.7 Å². The molecule has 1 aromatic carbocycles. The van der Waals surface area contributed by atoms with Gasteiger partial charge in [-0.15, -0.1) is 0 Å². The van der Waals surface area contributed by atoms with Gasteiger partial charge in [-0.25, -0.2) is 0 Å². The number of aliphatic hydroxyl groups is 2. The molecule has 1 unspecified atom stereocenters. The average Bonchev–Trinajstić information content (AvgIpc) is 3.35. The first-order valence-electron chi connectivity index (χ1n) is 8.35. The molecule has 1 saturated heterocycles. The first kappa shape index (κ1) is 16.7. The highest BCUT2D eigenvalue weighted by Crippen LogP contribution is 2.48. The largest absolute Gasteiger partial charge is 0.396 e. The number of likely N-dealkylation sites (tertiary alicyclic amines) is 1. The van der Waals surface area contributed by atoms with E-state index in [1.807, 2.05) is 17.0 Å². The lowest BCUT2D eigenvalue weighted by Gasteiger charge is -2.35. The van der Waals surface area contributed by atoms with Crippen molar-refractivity contribution in [3.63, 3.8) is 0 Å². The highest BCUT2D eigenvalue weighted by atomic mass is 35.5. The minimum Gasteiger partial charge on any atom is -0.396 e. The molecular weight excluding hydrogens is 314 g/mol. The summed E-state index contributed by atoms with van der Waals surface area (Å²) < 4.78 is 0. The van der Waals surface area contributed by atoms with Crippen LogP contribution in [0, 0.1) is 11.3 Å². The van der Waals surface area contributed by atoms with E-state index in [2.05, 4.69) is 0 Å². The number of carbonyl (C=O) groups excluding carboxylic acids is 1. The van der Waals surface area contributed by atoms with Gasteiger partial charge in [-0.2, -0.15) is 0 Å². The van der Waals surface area contributed by atoms with Crippen LogP contribution in [0.5, 0.6) is 0 Å². The number of benzene rings is 1. The zero-order valence-corrected chi connectivity index (χ0v) is 14.0. The summed E-state index contributed by atoms with van der Waals surface area (Å²) in [6.07, 6.45) is 3.50. The summed E-state index contributed by atoms with van der Waals surface area (Å²) in [4.78, 5) is 14.2. The smallest absolute Gasteiger partial charge is 0.223 e. The standard InChI is InChI=1S/C18H24ClNO3/c19-15-3-1-13(2-4-15)17(23)14-5-9-20(10-6-14)16(22)11-18(12-21)7-8-18/h1-4,14,17,21,23H,5-12H2. The number of nitrogens with zero attached hydrogens (tertiary/aromatic N) is 1. The Bertz CT molecular complexity index is 548. The molecule has 23 heavy (non-hydrogen) atoms. The molecule has 0 bridgehead atoms. The molecule has 0 spiro atoms. The third-order valence-corrected chi connectivity index (χ3v) is 5.62. The summed E-state index contributed by atoms with van der Waals surface area (Å²) in [6.45, 7) is 1.50. The second-order valence-electron chi connectivity index (χ2n) is 7.05. The zero-order valence-electron chi connectivity index (χ0n) is 13.2. The second kappa shape index (κ2) is 6.80. The lowest BCUT2D eigenvalue weighted by atomic mass is 9.87. The topological polar surface area (TPSA) is 60.8 Å². The molecule has 1 saturated carbocycles. The van der Waals surface area contributed by atoms with Gasteiger partial charge in [0.1, 0.15) is 0 Å². The number of amides is 1. The molecule has 0 aromatic heterocycles. The highest BCUT2D eigenvalue weighted by molar-refractivity contribution is 6.30. The third-order valence-electron chi connectivity index (χ3n) is 5.37. The van der Waals surface area contributed by atoms with E-state index in [0.29, 0.717) is 24.5 Å². The minimum absolute atomic E-state index is 0.116. The summed E-state index contributed by atoms with van der Waals surface area (Å²) in [5, 5.41) is 20.5.